The highest BCUT2D eigenvalue weighted by Gasteiger charge is 2.29. The predicted molar refractivity (Wildman–Crippen MR) is 129 cm³/mol. The van der Waals surface area contributed by atoms with Gasteiger partial charge in [-0.15, -0.1) is 0 Å². The lowest BCUT2D eigenvalue weighted by atomic mass is 9.95. The summed E-state index contributed by atoms with van der Waals surface area (Å²) in [6.07, 6.45) is 1.51. The van der Waals surface area contributed by atoms with Gasteiger partial charge in [-0.2, -0.15) is 0 Å². The maximum atomic E-state index is 14.7. The number of nitrogens with one attached hydrogen (secondary N) is 3. The molecule has 0 radical (unpaired) electrons. The molecular formula is C25H28FN3O3S. The number of carbonyl (C=O) groups excluding carboxylic acids is 2. The fourth-order valence-corrected chi connectivity index (χ4v) is 4.88. The van der Waals surface area contributed by atoms with Crippen LogP contribution in [0.15, 0.2) is 30.3 Å². The van der Waals surface area contributed by atoms with Crippen molar-refractivity contribution in [2.45, 2.75) is 58.2 Å². The first-order chi connectivity index (χ1) is 15.7. The molecule has 33 heavy (non-hydrogen) atoms. The summed E-state index contributed by atoms with van der Waals surface area (Å²) in [5.74, 6) is 0.00873. The normalized spacial score (nSPS) is 21.5. The van der Waals surface area contributed by atoms with Gasteiger partial charge in [0.2, 0.25) is 5.91 Å². The molecule has 1 amide bonds. The lowest BCUT2D eigenvalue weighted by Gasteiger charge is -2.30. The summed E-state index contributed by atoms with van der Waals surface area (Å²) in [6.45, 7) is 5.80. The molecule has 0 aliphatic carbocycles. The number of Topliss-reactive ketones (excluding diaryl/α,β-unsaturated/α-hetero) is 1. The molecule has 0 spiro atoms. The van der Waals surface area contributed by atoms with Gasteiger partial charge in [0.1, 0.15) is 17.7 Å². The first-order valence-electron chi connectivity index (χ1n) is 11.1. The Hall–Kier alpha value is -3.00. The molecular weight excluding hydrogens is 441 g/mol. The fraction of sp³-hybridized carbons (Fsp3) is 0.400. The van der Waals surface area contributed by atoms with Crippen LogP contribution in [0.5, 0.6) is 5.75 Å². The van der Waals surface area contributed by atoms with Crippen molar-refractivity contribution in [1.29, 1.82) is 0 Å². The molecule has 174 valence electrons. The lowest BCUT2D eigenvalue weighted by Crippen LogP contribution is -2.54. The molecule has 0 aromatic heterocycles. The Kier molecular flexibility index (Phi) is 6.65. The van der Waals surface area contributed by atoms with E-state index in [0.29, 0.717) is 46.9 Å². The number of rotatable bonds is 6. The molecule has 1 saturated heterocycles. The number of ether oxygens (including phenoxy) is 1. The number of hydrogen-bond donors (Lipinski definition) is 3. The van der Waals surface area contributed by atoms with Crippen LogP contribution in [0, 0.1) is 12.7 Å². The highest BCUT2D eigenvalue weighted by Crippen LogP contribution is 2.41. The van der Waals surface area contributed by atoms with E-state index in [1.165, 1.54) is 19.1 Å². The van der Waals surface area contributed by atoms with E-state index in [0.717, 1.165) is 17.5 Å². The van der Waals surface area contributed by atoms with Gasteiger partial charge >= 0.3 is 0 Å². The number of hydrogen-bond acceptors (Lipinski definition) is 4. The van der Waals surface area contributed by atoms with Gasteiger partial charge in [0.25, 0.3) is 0 Å². The van der Waals surface area contributed by atoms with Crippen LogP contribution in [0.3, 0.4) is 0 Å². The van der Waals surface area contributed by atoms with Crippen molar-refractivity contribution < 1.29 is 18.7 Å². The van der Waals surface area contributed by atoms with Crippen molar-refractivity contribution in [2.24, 2.45) is 0 Å². The SMILES string of the molecule is CC(=O)c1ccc(F)c(-c2cc(C)cc3c2O[C@H](CNC(=O)C[C@@H]2C[C@@H](C)NC(=S)N2)C3)c1. The van der Waals surface area contributed by atoms with Crippen LogP contribution < -0.4 is 20.7 Å². The quantitative estimate of drug-likeness (QED) is 0.444. The van der Waals surface area contributed by atoms with E-state index >= 15 is 0 Å². The third-order valence-corrected chi connectivity index (χ3v) is 6.25. The second-order valence-electron chi connectivity index (χ2n) is 8.96. The average molecular weight is 470 g/mol. The van der Waals surface area contributed by atoms with E-state index in [-0.39, 0.29) is 29.9 Å². The second-order valence-corrected chi connectivity index (χ2v) is 9.36. The van der Waals surface area contributed by atoms with Gasteiger partial charge in [0, 0.05) is 41.6 Å². The van der Waals surface area contributed by atoms with E-state index in [2.05, 4.69) is 16.0 Å². The molecule has 3 N–H and O–H groups in total. The van der Waals surface area contributed by atoms with Gasteiger partial charge in [-0.25, -0.2) is 4.39 Å². The molecule has 2 aromatic carbocycles. The summed E-state index contributed by atoms with van der Waals surface area (Å²) in [4.78, 5) is 24.3. The van der Waals surface area contributed by atoms with Gasteiger partial charge in [-0.1, -0.05) is 6.07 Å². The van der Waals surface area contributed by atoms with E-state index < -0.39 is 5.82 Å². The first kappa shape index (κ1) is 23.2. The monoisotopic (exact) mass is 469 g/mol. The third kappa shape index (κ3) is 5.33. The Labute approximate surface area is 198 Å². The molecule has 3 atom stereocenters. The van der Waals surface area contributed by atoms with E-state index in [9.17, 15) is 14.0 Å². The average Bonchev–Trinajstić information content (AvgIpc) is 3.14. The zero-order valence-corrected chi connectivity index (χ0v) is 19.8. The minimum absolute atomic E-state index is 0.00113. The van der Waals surface area contributed by atoms with Gasteiger partial charge in [0.15, 0.2) is 10.9 Å². The summed E-state index contributed by atoms with van der Waals surface area (Å²) < 4.78 is 20.9. The number of amides is 1. The summed E-state index contributed by atoms with van der Waals surface area (Å²) in [5, 5.41) is 9.80. The molecule has 0 saturated carbocycles. The van der Waals surface area contributed by atoms with Gasteiger partial charge in [-0.05, 0) is 74.8 Å². The number of carbonyl (C=O) groups is 2. The summed E-state index contributed by atoms with van der Waals surface area (Å²) in [5.41, 5.74) is 3.36. The Morgan fingerprint density at radius 1 is 1.21 bits per heavy atom. The molecule has 2 aliphatic rings. The largest absolute Gasteiger partial charge is 0.487 e. The number of aryl methyl sites for hydroxylation is 1. The maximum absolute atomic E-state index is 14.7. The molecule has 0 bridgehead atoms. The van der Waals surface area contributed by atoms with Crippen molar-refractivity contribution in [3.8, 4) is 16.9 Å². The van der Waals surface area contributed by atoms with Crippen molar-refractivity contribution in [3.05, 3.63) is 52.8 Å². The molecule has 0 unspecified atom stereocenters. The Morgan fingerprint density at radius 2 is 2.00 bits per heavy atom. The molecule has 8 heteroatoms. The Bertz CT molecular complexity index is 1120. The van der Waals surface area contributed by atoms with E-state index in [1.807, 2.05) is 26.0 Å². The van der Waals surface area contributed by atoms with E-state index in [1.54, 1.807) is 6.07 Å². The number of thiocarbonyl (C=S) groups is 1. The molecule has 4 rings (SSSR count). The van der Waals surface area contributed by atoms with E-state index in [4.69, 9.17) is 17.0 Å². The van der Waals surface area contributed by atoms with Crippen LogP contribution >= 0.6 is 12.2 Å². The highest BCUT2D eigenvalue weighted by atomic mass is 32.1. The summed E-state index contributed by atoms with van der Waals surface area (Å²) in [6, 6.07) is 8.50. The van der Waals surface area contributed by atoms with Crippen LogP contribution in [-0.2, 0) is 11.2 Å². The standard InChI is InChI=1S/C25H28FN3O3S/c1-13-6-17-9-19(12-27-23(31)11-18-8-14(2)28-25(33)29-18)32-24(17)21(7-13)20-10-16(15(3)30)4-5-22(20)26/h4-7,10,14,18-19H,8-9,11-12H2,1-3H3,(H,27,31)(H2,28,29,33)/t14-,18+,19+/m1/s1. The third-order valence-electron chi connectivity index (χ3n) is 6.01. The van der Waals surface area contributed by atoms with Crippen molar-refractivity contribution >= 4 is 29.0 Å². The molecule has 2 aliphatic heterocycles. The number of benzene rings is 2. The summed E-state index contributed by atoms with van der Waals surface area (Å²) in [7, 11) is 0. The fourth-order valence-electron chi connectivity index (χ4n) is 4.51. The summed E-state index contributed by atoms with van der Waals surface area (Å²) >= 11 is 5.18. The van der Waals surface area contributed by atoms with Crippen LogP contribution in [0.2, 0.25) is 0 Å². The molecule has 1 fully saturated rings. The number of fused-ring (bicyclic) bond motifs is 1. The van der Waals surface area contributed by atoms with Crippen LogP contribution in [-0.4, -0.2) is 41.5 Å². The maximum Gasteiger partial charge on any atom is 0.222 e. The van der Waals surface area contributed by atoms with Crippen molar-refractivity contribution in [2.75, 3.05) is 6.54 Å². The topological polar surface area (TPSA) is 79.5 Å². The second kappa shape index (κ2) is 9.47. The molecule has 6 nitrogen and oxygen atoms in total. The Balaban J connectivity index is 1.45. The van der Waals surface area contributed by atoms with Crippen molar-refractivity contribution in [1.82, 2.24) is 16.0 Å². The first-order valence-corrected chi connectivity index (χ1v) is 11.5. The van der Waals surface area contributed by atoms with Crippen LogP contribution in [0.1, 0.15) is 48.2 Å². The molecule has 2 aromatic rings. The van der Waals surface area contributed by atoms with Crippen LogP contribution in [0.25, 0.3) is 11.1 Å². The zero-order valence-electron chi connectivity index (χ0n) is 19.0. The van der Waals surface area contributed by atoms with Crippen LogP contribution in [0.4, 0.5) is 4.39 Å². The zero-order chi connectivity index (χ0) is 23.7. The number of halogens is 1. The van der Waals surface area contributed by atoms with Gasteiger partial charge in [-0.3, -0.25) is 9.59 Å². The van der Waals surface area contributed by atoms with Gasteiger partial charge < -0.3 is 20.7 Å². The lowest BCUT2D eigenvalue weighted by molar-refractivity contribution is -0.121. The number of ketones is 1. The smallest absolute Gasteiger partial charge is 0.222 e. The highest BCUT2D eigenvalue weighted by molar-refractivity contribution is 7.80. The Morgan fingerprint density at radius 3 is 2.73 bits per heavy atom. The minimum Gasteiger partial charge on any atom is -0.487 e. The predicted octanol–water partition coefficient (Wildman–Crippen LogP) is 3.44. The van der Waals surface area contributed by atoms with Gasteiger partial charge in [0.05, 0.1) is 6.54 Å². The van der Waals surface area contributed by atoms with Crippen molar-refractivity contribution in [3.63, 3.8) is 0 Å². The minimum atomic E-state index is -0.408. The molecule has 2 heterocycles.